The van der Waals surface area contributed by atoms with E-state index in [9.17, 15) is 10.1 Å². The Morgan fingerprint density at radius 1 is 1.35 bits per heavy atom. The number of ether oxygens (including phenoxy) is 1. The highest BCUT2D eigenvalue weighted by atomic mass is 16.6. The number of rotatable bonds is 9. The fraction of sp³-hybridized carbons (Fsp3) is 0.571. The van der Waals surface area contributed by atoms with Crippen molar-refractivity contribution in [1.82, 2.24) is 0 Å². The lowest BCUT2D eigenvalue weighted by molar-refractivity contribution is -0.384. The number of unbranched alkanes of at least 4 members (excludes halogenated alkanes) is 3. The van der Waals surface area contributed by atoms with Crippen LogP contribution in [0.2, 0.25) is 0 Å². The van der Waals surface area contributed by atoms with Crippen LogP contribution in [-0.2, 0) is 0 Å². The third kappa shape index (κ3) is 5.44. The zero-order valence-electron chi connectivity index (χ0n) is 12.1. The maximum absolute atomic E-state index is 10.8. The van der Waals surface area contributed by atoms with Gasteiger partial charge in [0, 0.05) is 12.1 Å². The molecule has 0 aliphatic heterocycles. The maximum Gasteiger partial charge on any atom is 0.275 e. The summed E-state index contributed by atoms with van der Waals surface area (Å²) >= 11 is 0. The molecule has 0 saturated carbocycles. The Balaban J connectivity index is 2.61. The Morgan fingerprint density at radius 3 is 2.70 bits per heavy atom. The lowest BCUT2D eigenvalue weighted by Gasteiger charge is -2.15. The number of nitro groups is 1. The van der Waals surface area contributed by atoms with E-state index in [1.165, 1.54) is 31.4 Å². The number of hydrogen-bond donors (Lipinski definition) is 2. The van der Waals surface area contributed by atoms with Crippen LogP contribution in [0.25, 0.3) is 0 Å². The Morgan fingerprint density at radius 2 is 2.10 bits per heavy atom. The summed E-state index contributed by atoms with van der Waals surface area (Å²) in [5.41, 5.74) is 2.84. The van der Waals surface area contributed by atoms with E-state index < -0.39 is 4.92 Å². The molecular formula is C14H23N3O3. The average Bonchev–Trinajstić information content (AvgIpc) is 2.43. The van der Waals surface area contributed by atoms with Gasteiger partial charge in [-0.2, -0.15) is 0 Å². The first kappa shape index (κ1) is 16.2. The summed E-state index contributed by atoms with van der Waals surface area (Å²) in [6.45, 7) is 4.14. The standard InChI is InChI=1S/C14H23N3O3/c1-3-4-5-6-7-11(2)20-14-9-12(16-15)8-13(10-14)17(18)19/h8-11,16H,3-7,15H2,1-2H3. The Bertz CT molecular complexity index is 438. The summed E-state index contributed by atoms with van der Waals surface area (Å²) in [4.78, 5) is 10.4. The highest BCUT2D eigenvalue weighted by molar-refractivity contribution is 5.55. The molecule has 0 aliphatic rings. The molecule has 1 aromatic carbocycles. The molecule has 1 aromatic rings. The number of non-ortho nitro benzene ring substituents is 1. The van der Waals surface area contributed by atoms with Crippen molar-refractivity contribution < 1.29 is 9.66 Å². The van der Waals surface area contributed by atoms with E-state index in [2.05, 4.69) is 12.3 Å². The Hall–Kier alpha value is -1.82. The molecule has 0 saturated heterocycles. The van der Waals surface area contributed by atoms with E-state index in [1.807, 2.05) is 6.92 Å². The van der Waals surface area contributed by atoms with Crippen molar-refractivity contribution in [1.29, 1.82) is 0 Å². The Labute approximate surface area is 119 Å². The number of nitrogens with zero attached hydrogens (tertiary/aromatic N) is 1. The van der Waals surface area contributed by atoms with Crippen LogP contribution in [0.4, 0.5) is 11.4 Å². The molecule has 1 rings (SSSR count). The SMILES string of the molecule is CCCCCCC(C)Oc1cc(NN)cc([N+](=O)[O-])c1. The first-order valence-electron chi connectivity index (χ1n) is 6.99. The van der Waals surface area contributed by atoms with Crippen LogP contribution in [0, 0.1) is 10.1 Å². The van der Waals surface area contributed by atoms with Crippen LogP contribution in [-0.4, -0.2) is 11.0 Å². The van der Waals surface area contributed by atoms with E-state index in [0.717, 1.165) is 12.8 Å². The van der Waals surface area contributed by atoms with Gasteiger partial charge >= 0.3 is 0 Å². The van der Waals surface area contributed by atoms with Crippen molar-refractivity contribution >= 4 is 11.4 Å². The quantitative estimate of drug-likeness (QED) is 0.312. The average molecular weight is 281 g/mol. The first-order valence-corrected chi connectivity index (χ1v) is 6.99. The van der Waals surface area contributed by atoms with Crippen LogP contribution in [0.3, 0.4) is 0 Å². The number of hydrazine groups is 1. The molecule has 6 heteroatoms. The molecule has 1 unspecified atom stereocenters. The van der Waals surface area contributed by atoms with Gasteiger partial charge in [-0.25, -0.2) is 0 Å². The first-order chi connectivity index (χ1) is 9.56. The summed E-state index contributed by atoms with van der Waals surface area (Å²) in [7, 11) is 0. The van der Waals surface area contributed by atoms with E-state index in [0.29, 0.717) is 11.4 Å². The second-order valence-electron chi connectivity index (χ2n) is 4.89. The molecule has 0 aromatic heterocycles. The zero-order valence-corrected chi connectivity index (χ0v) is 12.1. The molecule has 1 atom stereocenters. The highest BCUT2D eigenvalue weighted by Gasteiger charge is 2.12. The third-order valence-electron chi connectivity index (χ3n) is 3.07. The molecule has 0 radical (unpaired) electrons. The lowest BCUT2D eigenvalue weighted by atomic mass is 10.1. The van der Waals surface area contributed by atoms with Gasteiger partial charge in [-0.1, -0.05) is 26.2 Å². The second kappa shape index (κ2) is 8.37. The number of hydrogen-bond acceptors (Lipinski definition) is 5. The number of nitrogen functional groups attached to an aromatic ring is 1. The molecule has 0 spiro atoms. The predicted molar refractivity (Wildman–Crippen MR) is 79.8 cm³/mol. The third-order valence-corrected chi connectivity index (χ3v) is 3.07. The normalized spacial score (nSPS) is 11.9. The number of nitro benzene ring substituents is 1. The van der Waals surface area contributed by atoms with Crippen molar-refractivity contribution in [3.63, 3.8) is 0 Å². The molecule has 20 heavy (non-hydrogen) atoms. The van der Waals surface area contributed by atoms with E-state index >= 15 is 0 Å². The number of nitrogens with one attached hydrogen (secondary N) is 1. The van der Waals surface area contributed by atoms with Crippen LogP contribution in [0.15, 0.2) is 18.2 Å². The molecule has 0 aliphatic carbocycles. The van der Waals surface area contributed by atoms with Gasteiger partial charge in [0.05, 0.1) is 22.8 Å². The highest BCUT2D eigenvalue weighted by Crippen LogP contribution is 2.26. The molecule has 6 nitrogen and oxygen atoms in total. The van der Waals surface area contributed by atoms with Gasteiger partial charge in [0.1, 0.15) is 5.75 Å². The van der Waals surface area contributed by atoms with Crippen LogP contribution in [0.1, 0.15) is 46.0 Å². The van der Waals surface area contributed by atoms with Crippen LogP contribution < -0.4 is 16.0 Å². The summed E-state index contributed by atoms with van der Waals surface area (Å²) in [6, 6.07) is 4.46. The minimum absolute atomic E-state index is 0.0273. The van der Waals surface area contributed by atoms with Gasteiger partial charge in [-0.05, 0) is 19.8 Å². The van der Waals surface area contributed by atoms with E-state index in [-0.39, 0.29) is 11.8 Å². The van der Waals surface area contributed by atoms with Gasteiger partial charge in [-0.15, -0.1) is 0 Å². The number of benzene rings is 1. The summed E-state index contributed by atoms with van der Waals surface area (Å²) in [5, 5.41) is 10.8. The van der Waals surface area contributed by atoms with Crippen molar-refractivity contribution in [3.05, 3.63) is 28.3 Å². The monoisotopic (exact) mass is 281 g/mol. The van der Waals surface area contributed by atoms with Crippen molar-refractivity contribution in [2.75, 3.05) is 5.43 Å². The molecule has 0 heterocycles. The number of anilines is 1. The smallest absolute Gasteiger partial charge is 0.275 e. The molecule has 0 bridgehead atoms. The maximum atomic E-state index is 10.8. The molecule has 3 N–H and O–H groups in total. The van der Waals surface area contributed by atoms with Crippen LogP contribution in [0.5, 0.6) is 5.75 Å². The lowest BCUT2D eigenvalue weighted by Crippen LogP contribution is -2.13. The zero-order chi connectivity index (χ0) is 15.0. The Kier molecular flexibility index (Phi) is 6.79. The van der Waals surface area contributed by atoms with Crippen molar-refractivity contribution in [2.24, 2.45) is 5.84 Å². The largest absolute Gasteiger partial charge is 0.490 e. The molecule has 0 amide bonds. The summed E-state index contributed by atoms with van der Waals surface area (Å²) in [6.07, 6.45) is 5.69. The number of nitrogens with two attached hydrogens (primary N) is 1. The molecule has 112 valence electrons. The van der Waals surface area contributed by atoms with Crippen LogP contribution >= 0.6 is 0 Å². The minimum atomic E-state index is -0.459. The van der Waals surface area contributed by atoms with Gasteiger partial charge in [0.25, 0.3) is 5.69 Å². The summed E-state index contributed by atoms with van der Waals surface area (Å²) < 4.78 is 5.73. The minimum Gasteiger partial charge on any atom is -0.490 e. The topological polar surface area (TPSA) is 90.4 Å². The molecule has 0 fully saturated rings. The van der Waals surface area contributed by atoms with Crippen molar-refractivity contribution in [3.8, 4) is 5.75 Å². The van der Waals surface area contributed by atoms with Gasteiger partial charge in [0.15, 0.2) is 0 Å². The van der Waals surface area contributed by atoms with Gasteiger partial charge < -0.3 is 10.2 Å². The second-order valence-corrected chi connectivity index (χ2v) is 4.89. The predicted octanol–water partition coefficient (Wildman–Crippen LogP) is 3.62. The van der Waals surface area contributed by atoms with E-state index in [4.69, 9.17) is 10.6 Å². The molecular weight excluding hydrogens is 258 g/mol. The van der Waals surface area contributed by atoms with Crippen molar-refractivity contribution in [2.45, 2.75) is 52.1 Å². The summed E-state index contributed by atoms with van der Waals surface area (Å²) in [5.74, 6) is 5.77. The van der Waals surface area contributed by atoms with Gasteiger partial charge in [-0.3, -0.25) is 16.0 Å². The fourth-order valence-corrected chi connectivity index (χ4v) is 1.99. The van der Waals surface area contributed by atoms with E-state index in [1.54, 1.807) is 6.07 Å². The fourth-order valence-electron chi connectivity index (χ4n) is 1.99. The van der Waals surface area contributed by atoms with Gasteiger partial charge in [0.2, 0.25) is 0 Å².